The summed E-state index contributed by atoms with van der Waals surface area (Å²) < 4.78 is 4.73. The average molecular weight is 179 g/mol. The van der Waals surface area contributed by atoms with E-state index >= 15 is 0 Å². The summed E-state index contributed by atoms with van der Waals surface area (Å²) in [6, 6.07) is 4.11. The zero-order valence-electron chi connectivity index (χ0n) is 6.86. The number of nitrogens with two attached hydrogens (primary N) is 1. The number of carbonyl (C=O) groups is 1. The summed E-state index contributed by atoms with van der Waals surface area (Å²) in [4.78, 5) is 10.8. The van der Waals surface area contributed by atoms with Gasteiger partial charge in [-0.2, -0.15) is 0 Å². The van der Waals surface area contributed by atoms with Gasteiger partial charge in [0.1, 0.15) is 5.75 Å². The Morgan fingerprint density at radius 1 is 1.62 bits per heavy atom. The highest BCUT2D eigenvalue weighted by molar-refractivity contribution is 5.84. The lowest BCUT2D eigenvalue weighted by Crippen LogP contribution is -2.04. The van der Waals surface area contributed by atoms with Crippen LogP contribution >= 0.6 is 0 Å². The number of benzene rings is 1. The van der Waals surface area contributed by atoms with E-state index in [1.54, 1.807) is 0 Å². The number of esters is 1. The third kappa shape index (κ3) is 2.23. The molecule has 0 aliphatic heterocycles. The molecule has 0 radical (unpaired) electrons. The lowest BCUT2D eigenvalue weighted by molar-refractivity contribution is -0.128. The molecule has 1 aromatic rings. The number of anilines is 1. The van der Waals surface area contributed by atoms with E-state index in [9.17, 15) is 4.79 Å². The molecule has 0 bridgehead atoms. The van der Waals surface area contributed by atoms with Crippen molar-refractivity contribution in [3.8, 4) is 11.5 Å². The molecule has 3 N–H and O–H groups in total. The predicted molar refractivity (Wildman–Crippen MR) is 48.4 cm³/mol. The molecule has 0 atom stereocenters. The minimum Gasteiger partial charge on any atom is -0.508 e. The van der Waals surface area contributed by atoms with Gasteiger partial charge in [0.2, 0.25) is 0 Å². The van der Waals surface area contributed by atoms with Crippen LogP contribution in [0.5, 0.6) is 11.5 Å². The van der Waals surface area contributed by atoms with Gasteiger partial charge in [-0.15, -0.1) is 0 Å². The standard InChI is InChI=1S/C9H9NO3/c1-2-9(12)13-8-5-6(11)3-4-7(8)10/h2-5,11H,1,10H2. The second-order valence-electron chi connectivity index (χ2n) is 2.35. The molecule has 0 spiro atoms. The Kier molecular flexibility index (Phi) is 2.54. The lowest BCUT2D eigenvalue weighted by Gasteiger charge is -2.04. The summed E-state index contributed by atoms with van der Waals surface area (Å²) in [7, 11) is 0. The van der Waals surface area contributed by atoms with E-state index < -0.39 is 5.97 Å². The van der Waals surface area contributed by atoms with Crippen molar-refractivity contribution in [1.82, 2.24) is 0 Å². The number of aromatic hydroxyl groups is 1. The normalized spacial score (nSPS) is 9.23. The van der Waals surface area contributed by atoms with Gasteiger partial charge in [0.05, 0.1) is 5.69 Å². The molecule has 0 saturated carbocycles. The molecule has 0 fully saturated rings. The minimum atomic E-state index is -0.614. The lowest BCUT2D eigenvalue weighted by atomic mass is 10.3. The van der Waals surface area contributed by atoms with Gasteiger partial charge in [0.15, 0.2) is 5.75 Å². The molecule has 1 rings (SSSR count). The molecule has 0 amide bonds. The Balaban J connectivity index is 2.93. The van der Waals surface area contributed by atoms with E-state index in [2.05, 4.69) is 6.58 Å². The van der Waals surface area contributed by atoms with Gasteiger partial charge in [-0.25, -0.2) is 4.79 Å². The molecular weight excluding hydrogens is 170 g/mol. The van der Waals surface area contributed by atoms with Crippen LogP contribution in [0.15, 0.2) is 30.9 Å². The number of hydrogen-bond acceptors (Lipinski definition) is 4. The number of hydrogen-bond donors (Lipinski definition) is 2. The topological polar surface area (TPSA) is 72.5 Å². The molecule has 0 aliphatic rings. The molecule has 1 aromatic carbocycles. The summed E-state index contributed by atoms with van der Waals surface area (Å²) in [6.45, 7) is 3.23. The Bertz CT molecular complexity index is 347. The fourth-order valence-corrected chi connectivity index (χ4v) is 0.761. The molecule has 0 aromatic heterocycles. The maximum Gasteiger partial charge on any atom is 0.335 e. The zero-order chi connectivity index (χ0) is 9.84. The third-order valence-electron chi connectivity index (χ3n) is 1.37. The Hall–Kier alpha value is -1.97. The fraction of sp³-hybridized carbons (Fsp3) is 0. The van der Waals surface area contributed by atoms with Crippen LogP contribution in [0.4, 0.5) is 5.69 Å². The first kappa shape index (κ1) is 9.12. The number of phenols is 1. The SMILES string of the molecule is C=CC(=O)Oc1cc(O)ccc1N. The van der Waals surface area contributed by atoms with Crippen molar-refractivity contribution in [2.24, 2.45) is 0 Å². The summed E-state index contributed by atoms with van der Waals surface area (Å²) in [6.07, 6.45) is 1.02. The minimum absolute atomic E-state index is 0.0129. The van der Waals surface area contributed by atoms with Gasteiger partial charge in [0, 0.05) is 12.1 Å². The van der Waals surface area contributed by atoms with E-state index in [0.29, 0.717) is 0 Å². The van der Waals surface area contributed by atoms with E-state index in [1.165, 1.54) is 18.2 Å². The van der Waals surface area contributed by atoms with Crippen molar-refractivity contribution in [2.75, 3.05) is 5.73 Å². The number of nitrogen functional groups attached to an aromatic ring is 1. The van der Waals surface area contributed by atoms with Gasteiger partial charge in [-0.05, 0) is 12.1 Å². The van der Waals surface area contributed by atoms with Crippen LogP contribution in [0.25, 0.3) is 0 Å². The van der Waals surface area contributed by atoms with E-state index in [1.807, 2.05) is 0 Å². The summed E-state index contributed by atoms with van der Waals surface area (Å²) in [5.41, 5.74) is 5.75. The van der Waals surface area contributed by atoms with Gasteiger partial charge in [0.25, 0.3) is 0 Å². The maximum absolute atomic E-state index is 10.8. The third-order valence-corrected chi connectivity index (χ3v) is 1.37. The number of phenolic OH excluding ortho intramolecular Hbond substituents is 1. The van der Waals surface area contributed by atoms with Crippen LogP contribution in [0, 0.1) is 0 Å². The van der Waals surface area contributed by atoms with E-state index in [-0.39, 0.29) is 17.2 Å². The van der Waals surface area contributed by atoms with Crippen molar-refractivity contribution >= 4 is 11.7 Å². The Labute approximate surface area is 75.2 Å². The molecule has 0 unspecified atom stereocenters. The monoisotopic (exact) mass is 179 g/mol. The molecule has 13 heavy (non-hydrogen) atoms. The molecule has 0 saturated heterocycles. The first-order valence-corrected chi connectivity index (χ1v) is 3.56. The molecule has 4 nitrogen and oxygen atoms in total. The quantitative estimate of drug-likeness (QED) is 0.234. The molecular formula is C9H9NO3. The first-order chi connectivity index (χ1) is 6.13. The Morgan fingerprint density at radius 3 is 2.92 bits per heavy atom. The fourth-order valence-electron chi connectivity index (χ4n) is 0.761. The highest BCUT2D eigenvalue weighted by Gasteiger charge is 2.04. The second-order valence-corrected chi connectivity index (χ2v) is 2.35. The van der Waals surface area contributed by atoms with Gasteiger partial charge < -0.3 is 15.6 Å². The van der Waals surface area contributed by atoms with Crippen LogP contribution in [-0.4, -0.2) is 11.1 Å². The van der Waals surface area contributed by atoms with Crippen LogP contribution < -0.4 is 10.5 Å². The first-order valence-electron chi connectivity index (χ1n) is 3.56. The molecule has 0 aliphatic carbocycles. The summed E-state index contributed by atoms with van der Waals surface area (Å²) in [5, 5.41) is 9.05. The van der Waals surface area contributed by atoms with Crippen molar-refractivity contribution in [1.29, 1.82) is 0 Å². The maximum atomic E-state index is 10.8. The van der Waals surface area contributed by atoms with Crippen LogP contribution in [-0.2, 0) is 4.79 Å². The predicted octanol–water partition coefficient (Wildman–Crippen LogP) is 1.07. The number of ether oxygens (including phenoxy) is 1. The highest BCUT2D eigenvalue weighted by Crippen LogP contribution is 2.25. The Morgan fingerprint density at radius 2 is 2.31 bits per heavy atom. The zero-order valence-corrected chi connectivity index (χ0v) is 6.86. The van der Waals surface area contributed by atoms with Gasteiger partial charge >= 0.3 is 5.97 Å². The average Bonchev–Trinajstić information content (AvgIpc) is 2.11. The number of rotatable bonds is 2. The molecule has 0 heterocycles. The van der Waals surface area contributed by atoms with E-state index in [4.69, 9.17) is 15.6 Å². The van der Waals surface area contributed by atoms with Gasteiger partial charge in [-0.1, -0.05) is 6.58 Å². The largest absolute Gasteiger partial charge is 0.508 e. The molecule has 68 valence electrons. The van der Waals surface area contributed by atoms with Gasteiger partial charge in [-0.3, -0.25) is 0 Å². The second kappa shape index (κ2) is 3.62. The van der Waals surface area contributed by atoms with Crippen LogP contribution in [0.1, 0.15) is 0 Å². The van der Waals surface area contributed by atoms with Crippen molar-refractivity contribution in [2.45, 2.75) is 0 Å². The molecule has 4 heteroatoms. The van der Waals surface area contributed by atoms with Crippen molar-refractivity contribution in [3.05, 3.63) is 30.9 Å². The van der Waals surface area contributed by atoms with Crippen LogP contribution in [0.2, 0.25) is 0 Å². The summed E-state index contributed by atoms with van der Waals surface area (Å²) >= 11 is 0. The summed E-state index contributed by atoms with van der Waals surface area (Å²) in [5.74, 6) is -0.497. The van der Waals surface area contributed by atoms with Crippen LogP contribution in [0.3, 0.4) is 0 Å². The van der Waals surface area contributed by atoms with E-state index in [0.717, 1.165) is 6.08 Å². The smallest absolute Gasteiger partial charge is 0.335 e. The van der Waals surface area contributed by atoms with Crippen molar-refractivity contribution < 1.29 is 14.6 Å². The highest BCUT2D eigenvalue weighted by atomic mass is 16.5. The van der Waals surface area contributed by atoms with Crippen molar-refractivity contribution in [3.63, 3.8) is 0 Å². The number of carbonyl (C=O) groups excluding carboxylic acids is 1.